The van der Waals surface area contributed by atoms with E-state index in [4.69, 9.17) is 23.2 Å². The van der Waals surface area contributed by atoms with E-state index in [1.54, 1.807) is 6.92 Å². The Kier molecular flexibility index (Phi) is 7.14. The fourth-order valence-corrected chi connectivity index (χ4v) is 4.45. The molecule has 1 atom stereocenters. The number of carbonyl (C=O) groups excluding carboxylic acids is 1. The lowest BCUT2D eigenvalue weighted by Crippen LogP contribution is -2.49. The van der Waals surface area contributed by atoms with Crippen molar-refractivity contribution in [3.05, 3.63) is 63.6 Å². The van der Waals surface area contributed by atoms with Crippen LogP contribution in [0.15, 0.2) is 42.5 Å². The van der Waals surface area contributed by atoms with Gasteiger partial charge in [0, 0.05) is 16.6 Å². The van der Waals surface area contributed by atoms with Gasteiger partial charge in [-0.1, -0.05) is 60.0 Å². The first-order valence-electron chi connectivity index (χ1n) is 8.40. The minimum absolute atomic E-state index is 0.257. The molecule has 0 saturated heterocycles. The molecule has 0 aliphatic heterocycles. The van der Waals surface area contributed by atoms with Crippen molar-refractivity contribution in [2.45, 2.75) is 32.9 Å². The summed E-state index contributed by atoms with van der Waals surface area (Å²) >= 11 is 12.0. The summed E-state index contributed by atoms with van der Waals surface area (Å²) in [6.07, 6.45) is 1.34. The third kappa shape index (κ3) is 5.86. The molecule has 0 aromatic heterocycles. The van der Waals surface area contributed by atoms with E-state index in [9.17, 15) is 13.2 Å². The van der Waals surface area contributed by atoms with Gasteiger partial charge in [-0.15, -0.1) is 0 Å². The van der Waals surface area contributed by atoms with Gasteiger partial charge in [0.15, 0.2) is 0 Å². The maximum atomic E-state index is 12.8. The van der Waals surface area contributed by atoms with Crippen molar-refractivity contribution in [1.82, 2.24) is 5.32 Å². The second-order valence-electron chi connectivity index (χ2n) is 6.31. The summed E-state index contributed by atoms with van der Waals surface area (Å²) in [6.45, 7) is 4.04. The SMILES string of the molecule is CC[C@H](C(=O)NCc1ccc(C)cc1)N(c1cc(Cl)cc(Cl)c1)S(C)(=O)=O. The third-order valence-electron chi connectivity index (χ3n) is 4.02. The summed E-state index contributed by atoms with van der Waals surface area (Å²) in [4.78, 5) is 12.8. The lowest BCUT2D eigenvalue weighted by molar-refractivity contribution is -0.122. The van der Waals surface area contributed by atoms with Crippen LogP contribution in [-0.4, -0.2) is 26.6 Å². The number of carbonyl (C=O) groups is 1. The molecule has 146 valence electrons. The van der Waals surface area contributed by atoms with E-state index in [0.717, 1.165) is 21.7 Å². The molecule has 0 bridgehead atoms. The van der Waals surface area contributed by atoms with Crippen LogP contribution >= 0.6 is 23.2 Å². The molecule has 0 saturated carbocycles. The van der Waals surface area contributed by atoms with Gasteiger partial charge in [-0.3, -0.25) is 9.10 Å². The van der Waals surface area contributed by atoms with Crippen molar-refractivity contribution in [3.63, 3.8) is 0 Å². The highest BCUT2D eigenvalue weighted by Crippen LogP contribution is 2.29. The van der Waals surface area contributed by atoms with Gasteiger partial charge in [0.1, 0.15) is 6.04 Å². The second kappa shape index (κ2) is 8.95. The van der Waals surface area contributed by atoms with E-state index in [1.165, 1.54) is 18.2 Å². The quantitative estimate of drug-likeness (QED) is 0.719. The van der Waals surface area contributed by atoms with E-state index in [2.05, 4.69) is 5.32 Å². The number of rotatable bonds is 7. The number of nitrogens with zero attached hydrogens (tertiary/aromatic N) is 1. The van der Waals surface area contributed by atoms with E-state index in [0.29, 0.717) is 16.6 Å². The van der Waals surface area contributed by atoms with Crippen molar-refractivity contribution in [2.24, 2.45) is 0 Å². The van der Waals surface area contributed by atoms with Crippen molar-refractivity contribution in [3.8, 4) is 0 Å². The van der Waals surface area contributed by atoms with E-state index >= 15 is 0 Å². The third-order valence-corrected chi connectivity index (χ3v) is 5.64. The van der Waals surface area contributed by atoms with E-state index in [-0.39, 0.29) is 18.0 Å². The standard InChI is InChI=1S/C19H22Cl2N2O3S/c1-4-18(19(24)22-12-14-7-5-13(2)6-8-14)23(27(3,25)26)17-10-15(20)9-16(21)11-17/h5-11,18H,4,12H2,1-3H3,(H,22,24)/t18-/m1/s1. The van der Waals surface area contributed by atoms with Gasteiger partial charge in [-0.25, -0.2) is 8.42 Å². The number of aryl methyl sites for hydroxylation is 1. The van der Waals surface area contributed by atoms with Crippen LogP contribution in [-0.2, 0) is 21.4 Å². The summed E-state index contributed by atoms with van der Waals surface area (Å²) in [7, 11) is -3.74. The molecule has 8 heteroatoms. The van der Waals surface area contributed by atoms with Crippen molar-refractivity contribution in [2.75, 3.05) is 10.6 Å². The Morgan fingerprint density at radius 2 is 1.67 bits per heavy atom. The lowest BCUT2D eigenvalue weighted by atomic mass is 10.1. The molecule has 0 aliphatic rings. The second-order valence-corrected chi connectivity index (χ2v) is 9.05. The fourth-order valence-electron chi connectivity index (χ4n) is 2.74. The molecular weight excluding hydrogens is 407 g/mol. The lowest BCUT2D eigenvalue weighted by Gasteiger charge is -2.30. The minimum Gasteiger partial charge on any atom is -0.350 e. The topological polar surface area (TPSA) is 66.5 Å². The van der Waals surface area contributed by atoms with Gasteiger partial charge in [0.2, 0.25) is 15.9 Å². The maximum Gasteiger partial charge on any atom is 0.244 e. The fraction of sp³-hybridized carbons (Fsp3) is 0.316. The first-order chi connectivity index (χ1) is 12.6. The van der Waals surface area contributed by atoms with Gasteiger partial charge < -0.3 is 5.32 Å². The van der Waals surface area contributed by atoms with Crippen molar-refractivity contribution >= 4 is 44.8 Å². The Morgan fingerprint density at radius 1 is 1.11 bits per heavy atom. The number of benzene rings is 2. The van der Waals surface area contributed by atoms with Crippen LogP contribution in [0.25, 0.3) is 0 Å². The molecule has 0 unspecified atom stereocenters. The first kappa shape index (κ1) is 21.5. The van der Waals surface area contributed by atoms with Gasteiger partial charge in [0.25, 0.3) is 0 Å². The highest BCUT2D eigenvalue weighted by atomic mass is 35.5. The first-order valence-corrected chi connectivity index (χ1v) is 11.0. The Morgan fingerprint density at radius 3 is 2.15 bits per heavy atom. The maximum absolute atomic E-state index is 12.8. The number of halogens is 2. The van der Waals surface area contributed by atoms with Gasteiger partial charge in [-0.05, 0) is 37.1 Å². The molecule has 0 heterocycles. The van der Waals surface area contributed by atoms with Crippen LogP contribution in [0.3, 0.4) is 0 Å². The zero-order valence-corrected chi connectivity index (χ0v) is 17.7. The Labute approximate surface area is 170 Å². The van der Waals surface area contributed by atoms with Crippen molar-refractivity contribution < 1.29 is 13.2 Å². The zero-order valence-electron chi connectivity index (χ0n) is 15.4. The highest BCUT2D eigenvalue weighted by molar-refractivity contribution is 7.92. The summed E-state index contributed by atoms with van der Waals surface area (Å²) < 4.78 is 25.9. The molecule has 0 radical (unpaired) electrons. The summed E-state index contributed by atoms with van der Waals surface area (Å²) in [5.74, 6) is -0.389. The molecule has 0 spiro atoms. The molecule has 0 fully saturated rings. The Hall–Kier alpha value is -1.76. The molecule has 0 aliphatic carbocycles. The molecule has 27 heavy (non-hydrogen) atoms. The smallest absolute Gasteiger partial charge is 0.244 e. The predicted octanol–water partition coefficient (Wildman–Crippen LogP) is 4.16. The van der Waals surface area contributed by atoms with E-state index < -0.39 is 16.1 Å². The molecule has 2 aromatic rings. The monoisotopic (exact) mass is 428 g/mol. The minimum atomic E-state index is -3.74. The number of hydrogen-bond acceptors (Lipinski definition) is 3. The average molecular weight is 429 g/mol. The van der Waals surface area contributed by atoms with Crippen LogP contribution in [0.1, 0.15) is 24.5 Å². The summed E-state index contributed by atoms with van der Waals surface area (Å²) in [6, 6.07) is 11.3. The van der Waals surface area contributed by atoms with E-state index in [1.807, 2.05) is 31.2 Å². The summed E-state index contributed by atoms with van der Waals surface area (Å²) in [5.41, 5.74) is 2.31. The number of anilines is 1. The van der Waals surface area contributed by atoms with Crippen LogP contribution in [0.5, 0.6) is 0 Å². The number of amides is 1. The molecule has 5 nitrogen and oxygen atoms in total. The zero-order chi connectivity index (χ0) is 20.2. The summed E-state index contributed by atoms with van der Waals surface area (Å²) in [5, 5.41) is 3.40. The van der Waals surface area contributed by atoms with Gasteiger partial charge in [0.05, 0.1) is 11.9 Å². The largest absolute Gasteiger partial charge is 0.350 e. The van der Waals surface area contributed by atoms with Crippen LogP contribution in [0.4, 0.5) is 5.69 Å². The Bertz CT molecular complexity index is 895. The molecule has 2 aromatic carbocycles. The van der Waals surface area contributed by atoms with Gasteiger partial charge in [-0.2, -0.15) is 0 Å². The predicted molar refractivity (Wildman–Crippen MR) is 111 cm³/mol. The van der Waals surface area contributed by atoms with Gasteiger partial charge >= 0.3 is 0 Å². The number of nitrogens with one attached hydrogen (secondary N) is 1. The highest BCUT2D eigenvalue weighted by Gasteiger charge is 2.31. The molecular formula is C19H22Cl2N2O3S. The van der Waals surface area contributed by atoms with Crippen molar-refractivity contribution in [1.29, 1.82) is 0 Å². The molecule has 1 amide bonds. The molecule has 2 rings (SSSR count). The number of hydrogen-bond donors (Lipinski definition) is 1. The van der Waals surface area contributed by atoms with Crippen LogP contribution in [0.2, 0.25) is 10.0 Å². The average Bonchev–Trinajstić information content (AvgIpc) is 2.56. The normalized spacial score (nSPS) is 12.5. The van der Waals surface area contributed by atoms with Crippen LogP contribution < -0.4 is 9.62 Å². The molecule has 1 N–H and O–H groups in total. The number of sulfonamides is 1. The van der Waals surface area contributed by atoms with Crippen LogP contribution in [0, 0.1) is 6.92 Å². The Balaban J connectivity index is 2.28.